The number of anilines is 2. The second-order valence-corrected chi connectivity index (χ2v) is 5.95. The number of pyridine rings is 2. The van der Waals surface area contributed by atoms with Gasteiger partial charge in [-0.3, -0.25) is 9.98 Å². The van der Waals surface area contributed by atoms with Gasteiger partial charge in [0.25, 0.3) is 0 Å². The molecule has 0 aliphatic carbocycles. The Morgan fingerprint density at radius 1 is 1.15 bits per heavy atom. The second kappa shape index (κ2) is 8.80. The van der Waals surface area contributed by atoms with E-state index in [1.54, 1.807) is 0 Å². The molecule has 0 fully saturated rings. The fourth-order valence-corrected chi connectivity index (χ4v) is 2.45. The zero-order valence-corrected chi connectivity index (χ0v) is 14.9. The number of nitrogens with one attached hydrogen (secondary N) is 3. The first-order valence-corrected chi connectivity index (χ1v) is 8.75. The highest BCUT2D eigenvalue weighted by Gasteiger charge is 2.06. The Morgan fingerprint density at radius 3 is 2.46 bits per heavy atom. The first-order valence-electron chi connectivity index (χ1n) is 8.75. The molecular weight excluding hydrogens is 328 g/mol. The topological polar surface area (TPSA) is 113 Å². The Labute approximate surface area is 153 Å². The summed E-state index contributed by atoms with van der Waals surface area (Å²) in [5, 5.41) is 9.30. The molecule has 26 heavy (non-hydrogen) atoms. The standard InChI is InChI=1S/C18H24N8/c1-2-7-20-17(19)25-15-5-3-13(11-23-15)10-14-4-6-16(24-12-14)26-18-21-8-9-22-18/h3-6,11-12H,2,7-10H2,1H3,(H3,19,20,23,25)(H2,21,22,24,26). The number of nitrogens with zero attached hydrogens (tertiary/aromatic N) is 4. The third kappa shape index (κ3) is 5.17. The van der Waals surface area contributed by atoms with Gasteiger partial charge in [-0.15, -0.1) is 0 Å². The lowest BCUT2D eigenvalue weighted by Crippen LogP contribution is -2.26. The van der Waals surface area contributed by atoms with E-state index >= 15 is 0 Å². The van der Waals surface area contributed by atoms with Gasteiger partial charge >= 0.3 is 0 Å². The third-order valence-corrected chi connectivity index (χ3v) is 3.74. The van der Waals surface area contributed by atoms with Crippen LogP contribution in [0.15, 0.2) is 46.6 Å². The Bertz CT molecular complexity index is 765. The summed E-state index contributed by atoms with van der Waals surface area (Å²) in [7, 11) is 0. The molecule has 5 N–H and O–H groups in total. The van der Waals surface area contributed by atoms with Crippen molar-refractivity contribution in [3.05, 3.63) is 47.8 Å². The van der Waals surface area contributed by atoms with Crippen LogP contribution >= 0.6 is 0 Å². The summed E-state index contributed by atoms with van der Waals surface area (Å²) in [6, 6.07) is 7.92. The highest BCUT2D eigenvalue weighted by Crippen LogP contribution is 2.12. The summed E-state index contributed by atoms with van der Waals surface area (Å²) in [5.74, 6) is 2.63. The summed E-state index contributed by atoms with van der Waals surface area (Å²) in [4.78, 5) is 17.3. The number of hydrogen-bond acceptors (Lipinski definition) is 6. The van der Waals surface area contributed by atoms with E-state index in [1.807, 2.05) is 36.7 Å². The van der Waals surface area contributed by atoms with Crippen LogP contribution < -0.4 is 21.7 Å². The highest BCUT2D eigenvalue weighted by molar-refractivity contribution is 5.93. The summed E-state index contributed by atoms with van der Waals surface area (Å²) in [6.07, 6.45) is 5.42. The van der Waals surface area contributed by atoms with Gasteiger partial charge in [0.1, 0.15) is 11.6 Å². The zero-order chi connectivity index (χ0) is 18.2. The SMILES string of the molecule is CCCN=C(N)Nc1ccc(Cc2ccc(NC3=NCCN3)nc2)cn1. The second-order valence-electron chi connectivity index (χ2n) is 5.95. The lowest BCUT2D eigenvalue weighted by Gasteiger charge is -2.08. The maximum atomic E-state index is 5.80. The molecule has 1 aliphatic heterocycles. The van der Waals surface area contributed by atoms with Gasteiger partial charge in [0.05, 0.1) is 6.54 Å². The fraction of sp³-hybridized carbons (Fsp3) is 0.333. The highest BCUT2D eigenvalue weighted by atomic mass is 15.2. The van der Waals surface area contributed by atoms with Gasteiger partial charge in [-0.2, -0.15) is 0 Å². The Balaban J connectivity index is 1.55. The predicted octanol–water partition coefficient (Wildman–Crippen LogP) is 1.58. The summed E-state index contributed by atoms with van der Waals surface area (Å²) in [5.41, 5.74) is 8.01. The van der Waals surface area contributed by atoms with Crippen molar-refractivity contribution >= 4 is 23.6 Å². The molecule has 0 amide bonds. The summed E-state index contributed by atoms with van der Waals surface area (Å²) < 4.78 is 0. The van der Waals surface area contributed by atoms with Crippen LogP contribution in [0.4, 0.5) is 11.6 Å². The van der Waals surface area contributed by atoms with E-state index < -0.39 is 0 Å². The summed E-state index contributed by atoms with van der Waals surface area (Å²) >= 11 is 0. The first-order chi connectivity index (χ1) is 12.7. The lowest BCUT2D eigenvalue weighted by atomic mass is 10.1. The zero-order valence-electron chi connectivity index (χ0n) is 14.9. The van der Waals surface area contributed by atoms with Crippen molar-refractivity contribution < 1.29 is 0 Å². The number of aromatic nitrogens is 2. The largest absolute Gasteiger partial charge is 0.370 e. The molecule has 3 heterocycles. The van der Waals surface area contributed by atoms with Gasteiger partial charge < -0.3 is 21.7 Å². The molecule has 2 aromatic heterocycles. The fourth-order valence-electron chi connectivity index (χ4n) is 2.45. The Morgan fingerprint density at radius 2 is 1.88 bits per heavy atom. The van der Waals surface area contributed by atoms with Crippen LogP contribution in [-0.4, -0.2) is 41.5 Å². The minimum Gasteiger partial charge on any atom is -0.370 e. The minimum absolute atomic E-state index is 0.390. The molecule has 0 saturated carbocycles. The summed E-state index contributed by atoms with van der Waals surface area (Å²) in [6.45, 7) is 4.43. The Hall–Kier alpha value is -3.16. The van der Waals surface area contributed by atoms with E-state index in [9.17, 15) is 0 Å². The van der Waals surface area contributed by atoms with Crippen molar-refractivity contribution in [2.24, 2.45) is 15.7 Å². The first kappa shape index (κ1) is 17.7. The molecule has 0 bridgehead atoms. The molecule has 0 radical (unpaired) electrons. The van der Waals surface area contributed by atoms with Gasteiger partial charge in [0.15, 0.2) is 11.9 Å². The van der Waals surface area contributed by atoms with E-state index in [-0.39, 0.29) is 0 Å². The van der Waals surface area contributed by atoms with Crippen LogP contribution in [0.2, 0.25) is 0 Å². The molecule has 0 aromatic carbocycles. The van der Waals surface area contributed by atoms with Crippen molar-refractivity contribution in [2.45, 2.75) is 19.8 Å². The van der Waals surface area contributed by atoms with Crippen molar-refractivity contribution in [1.82, 2.24) is 15.3 Å². The van der Waals surface area contributed by atoms with Gasteiger partial charge in [-0.05, 0) is 29.7 Å². The van der Waals surface area contributed by atoms with Gasteiger partial charge in [0.2, 0.25) is 0 Å². The average Bonchev–Trinajstić information content (AvgIpc) is 3.16. The van der Waals surface area contributed by atoms with Gasteiger partial charge in [-0.1, -0.05) is 19.1 Å². The molecule has 0 unspecified atom stereocenters. The molecule has 0 atom stereocenters. The van der Waals surface area contributed by atoms with Crippen LogP contribution in [0, 0.1) is 0 Å². The van der Waals surface area contributed by atoms with E-state index in [1.165, 1.54) is 0 Å². The molecule has 3 rings (SSSR count). The number of nitrogens with two attached hydrogens (primary N) is 1. The number of hydrogen-bond donors (Lipinski definition) is 4. The van der Waals surface area contributed by atoms with Crippen molar-refractivity contribution in [3.8, 4) is 0 Å². The molecule has 8 heteroatoms. The smallest absolute Gasteiger partial charge is 0.197 e. The van der Waals surface area contributed by atoms with Gasteiger partial charge in [-0.25, -0.2) is 9.97 Å². The van der Waals surface area contributed by atoms with Crippen molar-refractivity contribution in [1.29, 1.82) is 0 Å². The molecule has 136 valence electrons. The third-order valence-electron chi connectivity index (χ3n) is 3.74. The number of aliphatic imine (C=N–C) groups is 2. The molecule has 1 aliphatic rings. The van der Waals surface area contributed by atoms with Crippen LogP contribution in [0.5, 0.6) is 0 Å². The van der Waals surface area contributed by atoms with Crippen LogP contribution in [0.1, 0.15) is 24.5 Å². The Kier molecular flexibility index (Phi) is 5.97. The average molecular weight is 352 g/mol. The van der Waals surface area contributed by atoms with Gasteiger partial charge in [0, 0.05) is 31.9 Å². The monoisotopic (exact) mass is 352 g/mol. The van der Waals surface area contributed by atoms with Crippen LogP contribution in [0.3, 0.4) is 0 Å². The van der Waals surface area contributed by atoms with Crippen LogP contribution in [-0.2, 0) is 6.42 Å². The van der Waals surface area contributed by atoms with E-state index in [0.29, 0.717) is 18.3 Å². The quantitative estimate of drug-likeness (QED) is 0.464. The maximum absolute atomic E-state index is 5.80. The lowest BCUT2D eigenvalue weighted by molar-refractivity contribution is 0.929. The maximum Gasteiger partial charge on any atom is 0.197 e. The molecule has 2 aromatic rings. The predicted molar refractivity (Wildman–Crippen MR) is 106 cm³/mol. The molecule has 8 nitrogen and oxygen atoms in total. The molecular formula is C18H24N8. The minimum atomic E-state index is 0.390. The van der Waals surface area contributed by atoms with E-state index in [2.05, 4.69) is 42.8 Å². The van der Waals surface area contributed by atoms with E-state index in [0.717, 1.165) is 48.8 Å². The van der Waals surface area contributed by atoms with Crippen molar-refractivity contribution in [3.63, 3.8) is 0 Å². The van der Waals surface area contributed by atoms with E-state index in [4.69, 9.17) is 5.73 Å². The number of guanidine groups is 2. The molecule has 0 saturated heterocycles. The normalized spacial score (nSPS) is 13.9. The van der Waals surface area contributed by atoms with Crippen molar-refractivity contribution in [2.75, 3.05) is 30.3 Å². The number of rotatable bonds is 6. The molecule has 0 spiro atoms. The van der Waals surface area contributed by atoms with Crippen LogP contribution in [0.25, 0.3) is 0 Å².